The first-order valence-corrected chi connectivity index (χ1v) is 6.10. The van der Waals surface area contributed by atoms with Gasteiger partial charge in [-0.2, -0.15) is 0 Å². The quantitative estimate of drug-likeness (QED) is 0.844. The molecule has 0 saturated heterocycles. The first kappa shape index (κ1) is 14.6. The fourth-order valence-corrected chi connectivity index (χ4v) is 1.66. The number of nitrogens with one attached hydrogen (secondary N) is 2. The van der Waals surface area contributed by atoms with Crippen molar-refractivity contribution < 1.29 is 18.4 Å². The third-order valence-electron chi connectivity index (χ3n) is 2.73. The average Bonchev–Trinajstić information content (AvgIpc) is 2.42. The molecule has 0 aliphatic heterocycles. The van der Waals surface area contributed by atoms with Crippen molar-refractivity contribution in [3.05, 3.63) is 59.7 Å². The predicted octanol–water partition coefficient (Wildman–Crippen LogP) is 3.81. The number of hydrogen-bond acceptors (Lipinski definition) is 2. The summed E-state index contributed by atoms with van der Waals surface area (Å²) < 4.78 is 26.1. The molecule has 2 aromatic carbocycles. The molecule has 21 heavy (non-hydrogen) atoms. The molecule has 0 radical (unpaired) electrons. The number of ketones is 1. The Morgan fingerprint density at radius 3 is 2.19 bits per heavy atom. The van der Waals surface area contributed by atoms with Gasteiger partial charge in [0.05, 0.1) is 5.69 Å². The van der Waals surface area contributed by atoms with Crippen LogP contribution in [0, 0.1) is 11.6 Å². The summed E-state index contributed by atoms with van der Waals surface area (Å²) in [7, 11) is 0. The van der Waals surface area contributed by atoms with Gasteiger partial charge in [0.2, 0.25) is 0 Å². The Labute approximate surface area is 119 Å². The van der Waals surface area contributed by atoms with E-state index in [1.807, 2.05) is 0 Å². The highest BCUT2D eigenvalue weighted by Gasteiger charge is 2.08. The molecular weight excluding hydrogens is 278 g/mol. The van der Waals surface area contributed by atoms with Gasteiger partial charge in [0.25, 0.3) is 0 Å². The number of hydrogen-bond donors (Lipinski definition) is 2. The topological polar surface area (TPSA) is 58.2 Å². The fourth-order valence-electron chi connectivity index (χ4n) is 1.66. The fraction of sp³-hybridized carbons (Fsp3) is 0.0667. The summed E-state index contributed by atoms with van der Waals surface area (Å²) in [5, 5.41) is 4.74. The lowest BCUT2D eigenvalue weighted by molar-refractivity contribution is 0.101. The number of rotatable bonds is 3. The van der Waals surface area contributed by atoms with E-state index in [9.17, 15) is 18.4 Å². The molecule has 0 unspecified atom stereocenters. The summed E-state index contributed by atoms with van der Waals surface area (Å²) in [6, 6.07) is 8.42. The third-order valence-corrected chi connectivity index (χ3v) is 2.73. The van der Waals surface area contributed by atoms with Gasteiger partial charge in [-0.05, 0) is 43.3 Å². The number of Topliss-reactive ketones (excluding diaryl/α,β-unsaturated/α-hetero) is 1. The van der Waals surface area contributed by atoms with Gasteiger partial charge in [0.15, 0.2) is 5.78 Å². The van der Waals surface area contributed by atoms with E-state index in [4.69, 9.17) is 0 Å². The monoisotopic (exact) mass is 290 g/mol. The molecule has 0 bridgehead atoms. The number of anilines is 2. The Morgan fingerprint density at radius 1 is 0.952 bits per heavy atom. The van der Waals surface area contributed by atoms with Crippen LogP contribution in [0.5, 0.6) is 0 Å². The number of carbonyl (C=O) groups is 2. The van der Waals surface area contributed by atoms with Crippen LogP contribution in [0.15, 0.2) is 42.5 Å². The van der Waals surface area contributed by atoms with Gasteiger partial charge in [0, 0.05) is 17.3 Å². The van der Waals surface area contributed by atoms with E-state index in [0.29, 0.717) is 17.3 Å². The van der Waals surface area contributed by atoms with Crippen LogP contribution >= 0.6 is 0 Å². The maximum Gasteiger partial charge on any atom is 0.323 e. The zero-order chi connectivity index (χ0) is 15.4. The summed E-state index contributed by atoms with van der Waals surface area (Å²) in [6.07, 6.45) is 0. The lowest BCUT2D eigenvalue weighted by atomic mass is 10.1. The molecule has 0 aliphatic rings. The van der Waals surface area contributed by atoms with Gasteiger partial charge in [-0.25, -0.2) is 13.6 Å². The first-order valence-electron chi connectivity index (χ1n) is 6.10. The van der Waals surface area contributed by atoms with Crippen molar-refractivity contribution in [2.24, 2.45) is 0 Å². The van der Waals surface area contributed by atoms with Crippen molar-refractivity contribution in [2.75, 3.05) is 10.6 Å². The van der Waals surface area contributed by atoms with Crippen LogP contribution in [-0.4, -0.2) is 11.8 Å². The standard InChI is InChI=1S/C15H12F2N2O2/c1-9(20)10-2-5-12(6-3-10)18-15(21)19-14-7-4-11(16)8-13(14)17/h2-8H,1H3,(H2,18,19,21). The summed E-state index contributed by atoms with van der Waals surface area (Å²) in [5.41, 5.74) is 0.833. The van der Waals surface area contributed by atoms with Crippen LogP contribution in [0.3, 0.4) is 0 Å². The van der Waals surface area contributed by atoms with Gasteiger partial charge in [-0.3, -0.25) is 4.79 Å². The molecule has 2 aromatic rings. The number of halogens is 2. The van der Waals surface area contributed by atoms with Crippen molar-refractivity contribution in [1.29, 1.82) is 0 Å². The normalized spacial score (nSPS) is 10.0. The molecule has 0 heterocycles. The third kappa shape index (κ3) is 3.85. The van der Waals surface area contributed by atoms with Crippen molar-refractivity contribution in [3.63, 3.8) is 0 Å². The minimum atomic E-state index is -0.864. The summed E-state index contributed by atoms with van der Waals surface area (Å²) >= 11 is 0. The van der Waals surface area contributed by atoms with E-state index in [1.54, 1.807) is 24.3 Å². The van der Waals surface area contributed by atoms with Crippen molar-refractivity contribution in [1.82, 2.24) is 0 Å². The number of benzene rings is 2. The van der Waals surface area contributed by atoms with E-state index in [1.165, 1.54) is 6.92 Å². The lowest BCUT2D eigenvalue weighted by Crippen LogP contribution is -2.20. The van der Waals surface area contributed by atoms with Gasteiger partial charge in [-0.1, -0.05) is 0 Å². The molecule has 0 saturated carbocycles. The molecule has 0 spiro atoms. The van der Waals surface area contributed by atoms with Gasteiger partial charge in [0.1, 0.15) is 11.6 Å². The van der Waals surface area contributed by atoms with Crippen LogP contribution in [0.25, 0.3) is 0 Å². The zero-order valence-corrected chi connectivity index (χ0v) is 11.1. The van der Waals surface area contributed by atoms with Crippen LogP contribution in [0.1, 0.15) is 17.3 Å². The highest BCUT2D eigenvalue weighted by molar-refractivity contribution is 6.00. The van der Waals surface area contributed by atoms with Gasteiger partial charge in [-0.15, -0.1) is 0 Å². The molecule has 0 fully saturated rings. The first-order chi connectivity index (χ1) is 9.95. The van der Waals surface area contributed by atoms with Crippen LogP contribution < -0.4 is 10.6 Å². The van der Waals surface area contributed by atoms with E-state index >= 15 is 0 Å². The van der Waals surface area contributed by atoms with E-state index in [-0.39, 0.29) is 11.5 Å². The molecule has 0 atom stereocenters. The van der Waals surface area contributed by atoms with Crippen LogP contribution in [0.2, 0.25) is 0 Å². The number of amides is 2. The van der Waals surface area contributed by atoms with Crippen molar-refractivity contribution in [3.8, 4) is 0 Å². The SMILES string of the molecule is CC(=O)c1ccc(NC(=O)Nc2ccc(F)cc2F)cc1. The Bertz CT molecular complexity index is 685. The predicted molar refractivity (Wildman–Crippen MR) is 75.4 cm³/mol. The van der Waals surface area contributed by atoms with E-state index < -0.39 is 17.7 Å². The molecule has 2 amide bonds. The molecule has 108 valence electrons. The summed E-state index contributed by atoms with van der Waals surface area (Å²) in [5.74, 6) is -1.67. The molecule has 4 nitrogen and oxygen atoms in total. The van der Waals surface area contributed by atoms with E-state index in [0.717, 1.165) is 12.1 Å². The van der Waals surface area contributed by atoms with E-state index in [2.05, 4.69) is 10.6 Å². The molecule has 0 aliphatic carbocycles. The largest absolute Gasteiger partial charge is 0.323 e. The lowest BCUT2D eigenvalue weighted by Gasteiger charge is -2.08. The summed E-state index contributed by atoms with van der Waals surface area (Å²) in [6.45, 7) is 1.44. The Hall–Kier alpha value is -2.76. The molecule has 6 heteroatoms. The maximum absolute atomic E-state index is 13.4. The highest BCUT2D eigenvalue weighted by atomic mass is 19.1. The minimum Gasteiger partial charge on any atom is -0.308 e. The maximum atomic E-state index is 13.4. The smallest absolute Gasteiger partial charge is 0.308 e. The van der Waals surface area contributed by atoms with Crippen molar-refractivity contribution in [2.45, 2.75) is 6.92 Å². The van der Waals surface area contributed by atoms with Crippen LogP contribution in [-0.2, 0) is 0 Å². The molecule has 2 N–H and O–H groups in total. The second-order valence-corrected chi connectivity index (χ2v) is 4.34. The second-order valence-electron chi connectivity index (χ2n) is 4.34. The average molecular weight is 290 g/mol. The highest BCUT2D eigenvalue weighted by Crippen LogP contribution is 2.16. The second kappa shape index (κ2) is 6.13. The molecular formula is C15H12F2N2O2. The summed E-state index contributed by atoms with van der Waals surface area (Å²) in [4.78, 5) is 22.8. The van der Waals surface area contributed by atoms with Gasteiger partial charge >= 0.3 is 6.03 Å². The van der Waals surface area contributed by atoms with Crippen molar-refractivity contribution >= 4 is 23.2 Å². The minimum absolute atomic E-state index is 0.0839. The Morgan fingerprint density at radius 2 is 1.62 bits per heavy atom. The molecule has 0 aromatic heterocycles. The molecule has 2 rings (SSSR count). The van der Waals surface area contributed by atoms with Gasteiger partial charge < -0.3 is 10.6 Å². The number of carbonyl (C=O) groups excluding carboxylic acids is 2. The van der Waals surface area contributed by atoms with Crippen LogP contribution in [0.4, 0.5) is 25.0 Å². The Balaban J connectivity index is 2.02. The number of urea groups is 1. The zero-order valence-electron chi connectivity index (χ0n) is 11.1. The Kier molecular flexibility index (Phi) is 4.27.